The van der Waals surface area contributed by atoms with Crippen LogP contribution in [0.3, 0.4) is 0 Å². The molecule has 1 amide bonds. The normalized spacial score (nSPS) is 21.2. The van der Waals surface area contributed by atoms with Crippen molar-refractivity contribution in [3.05, 3.63) is 71.3 Å². The van der Waals surface area contributed by atoms with Gasteiger partial charge >= 0.3 is 0 Å². The van der Waals surface area contributed by atoms with E-state index < -0.39 is 0 Å². The lowest BCUT2D eigenvalue weighted by atomic mass is 10.0. The van der Waals surface area contributed by atoms with Crippen LogP contribution in [-0.2, 0) is 22.6 Å². The Bertz CT molecular complexity index is 738. The molecule has 5 nitrogen and oxygen atoms in total. The highest BCUT2D eigenvalue weighted by Crippen LogP contribution is 2.15. The molecule has 1 heterocycles. The monoisotopic (exact) mass is 381 g/mol. The Morgan fingerprint density at radius 3 is 2.32 bits per heavy atom. The molecule has 1 saturated heterocycles. The van der Waals surface area contributed by atoms with Crippen LogP contribution in [0.15, 0.2) is 54.6 Å². The highest BCUT2D eigenvalue weighted by Gasteiger charge is 2.21. The van der Waals surface area contributed by atoms with Crippen LogP contribution in [-0.4, -0.2) is 36.1 Å². The molecule has 0 radical (unpaired) electrons. The first-order chi connectivity index (χ1) is 13.5. The van der Waals surface area contributed by atoms with E-state index in [0.29, 0.717) is 6.54 Å². The Labute approximate surface area is 167 Å². The molecule has 3 N–H and O–H groups in total. The summed E-state index contributed by atoms with van der Waals surface area (Å²) in [5.74, 6) is -0.0308. The van der Waals surface area contributed by atoms with Crippen molar-refractivity contribution < 1.29 is 9.53 Å². The summed E-state index contributed by atoms with van der Waals surface area (Å²) in [5, 5.41) is 2.97. The van der Waals surface area contributed by atoms with Gasteiger partial charge in [0.1, 0.15) is 0 Å². The van der Waals surface area contributed by atoms with Crippen LogP contribution in [0.4, 0.5) is 0 Å². The molecule has 1 fully saturated rings. The molecule has 5 heteroatoms. The minimum atomic E-state index is -0.276. The molecular formula is C23H31N3O2. The summed E-state index contributed by atoms with van der Waals surface area (Å²) in [7, 11) is 0. The number of morpholine rings is 1. The third-order valence-electron chi connectivity index (χ3n) is 5.05. The first kappa shape index (κ1) is 20.5. The molecule has 0 bridgehead atoms. The minimum absolute atomic E-state index is 0.0308. The molecular weight excluding hydrogens is 350 g/mol. The van der Waals surface area contributed by atoms with Crippen molar-refractivity contribution in [2.45, 2.75) is 51.6 Å². The molecule has 28 heavy (non-hydrogen) atoms. The molecule has 150 valence electrons. The van der Waals surface area contributed by atoms with Gasteiger partial charge in [-0.25, -0.2) is 0 Å². The van der Waals surface area contributed by atoms with E-state index in [1.165, 1.54) is 5.56 Å². The third-order valence-corrected chi connectivity index (χ3v) is 5.05. The molecule has 2 aromatic rings. The number of rotatable bonds is 7. The lowest BCUT2D eigenvalue weighted by molar-refractivity contribution is -0.121. The van der Waals surface area contributed by atoms with E-state index in [2.05, 4.69) is 48.3 Å². The Morgan fingerprint density at radius 1 is 1.07 bits per heavy atom. The van der Waals surface area contributed by atoms with Crippen LogP contribution in [0.25, 0.3) is 0 Å². The Hall–Kier alpha value is -2.21. The summed E-state index contributed by atoms with van der Waals surface area (Å²) >= 11 is 0. The molecule has 0 aromatic heterocycles. The summed E-state index contributed by atoms with van der Waals surface area (Å²) in [4.78, 5) is 14.6. The van der Waals surface area contributed by atoms with E-state index >= 15 is 0 Å². The van der Waals surface area contributed by atoms with Crippen LogP contribution >= 0.6 is 0 Å². The zero-order valence-electron chi connectivity index (χ0n) is 16.8. The Kier molecular flexibility index (Phi) is 7.20. The van der Waals surface area contributed by atoms with Crippen molar-refractivity contribution in [1.82, 2.24) is 10.2 Å². The predicted octanol–water partition coefficient (Wildman–Crippen LogP) is 3.00. The number of amides is 1. The fourth-order valence-electron chi connectivity index (χ4n) is 3.72. The van der Waals surface area contributed by atoms with Crippen LogP contribution in [0.5, 0.6) is 0 Å². The van der Waals surface area contributed by atoms with E-state index in [9.17, 15) is 4.79 Å². The van der Waals surface area contributed by atoms with Gasteiger partial charge in [0, 0.05) is 38.6 Å². The van der Waals surface area contributed by atoms with Gasteiger partial charge in [-0.15, -0.1) is 0 Å². The van der Waals surface area contributed by atoms with Crippen LogP contribution in [0, 0.1) is 0 Å². The highest BCUT2D eigenvalue weighted by molar-refractivity contribution is 5.76. The van der Waals surface area contributed by atoms with Crippen molar-refractivity contribution in [2.75, 3.05) is 13.1 Å². The highest BCUT2D eigenvalue weighted by atomic mass is 16.5. The largest absolute Gasteiger partial charge is 0.373 e. The fraction of sp³-hybridized carbons (Fsp3) is 0.435. The molecule has 0 spiro atoms. The summed E-state index contributed by atoms with van der Waals surface area (Å²) in [6.07, 6.45) is 0.844. The topological polar surface area (TPSA) is 67.6 Å². The second-order valence-corrected chi connectivity index (χ2v) is 7.77. The number of benzene rings is 2. The maximum atomic E-state index is 12.2. The number of ether oxygens (including phenoxy) is 1. The van der Waals surface area contributed by atoms with Gasteiger partial charge in [-0.1, -0.05) is 54.6 Å². The van der Waals surface area contributed by atoms with E-state index in [1.54, 1.807) is 0 Å². The molecule has 3 atom stereocenters. The van der Waals surface area contributed by atoms with Crippen LogP contribution < -0.4 is 11.1 Å². The van der Waals surface area contributed by atoms with Crippen LogP contribution in [0.2, 0.25) is 0 Å². The number of nitrogens with one attached hydrogen (secondary N) is 1. The zero-order chi connectivity index (χ0) is 19.9. The lowest BCUT2D eigenvalue weighted by Gasteiger charge is -2.35. The van der Waals surface area contributed by atoms with Crippen molar-refractivity contribution >= 4 is 5.91 Å². The van der Waals surface area contributed by atoms with Gasteiger partial charge in [-0.05, 0) is 30.5 Å². The standard InChI is InChI=1S/C23H31N3O2/c1-17-14-26(15-18(2)28-17)16-20-10-8-19(9-11-20)13-25-23(27)12-22(24)21-6-4-3-5-7-21/h3-11,17-18,22H,12-16,24H2,1-2H3,(H,25,27). The molecule has 1 aliphatic heterocycles. The van der Waals surface area contributed by atoms with E-state index in [-0.39, 0.29) is 30.6 Å². The third kappa shape index (κ3) is 6.16. The van der Waals surface area contributed by atoms with Gasteiger partial charge in [0.15, 0.2) is 0 Å². The number of carbonyl (C=O) groups is 1. The summed E-state index contributed by atoms with van der Waals surface area (Å²) in [6.45, 7) is 7.62. The van der Waals surface area contributed by atoms with Gasteiger partial charge in [0.05, 0.1) is 12.2 Å². The van der Waals surface area contributed by atoms with Crippen molar-refractivity contribution in [3.8, 4) is 0 Å². The van der Waals surface area contributed by atoms with Gasteiger partial charge < -0.3 is 15.8 Å². The summed E-state index contributed by atoms with van der Waals surface area (Å²) < 4.78 is 5.79. The first-order valence-corrected chi connectivity index (χ1v) is 10.0. The molecule has 3 unspecified atom stereocenters. The van der Waals surface area contributed by atoms with E-state index in [4.69, 9.17) is 10.5 Å². The molecule has 0 saturated carbocycles. The number of carbonyl (C=O) groups excluding carboxylic acids is 1. The van der Waals surface area contributed by atoms with Crippen LogP contribution in [0.1, 0.15) is 43.0 Å². The molecule has 0 aliphatic carbocycles. The van der Waals surface area contributed by atoms with Gasteiger partial charge in [0.25, 0.3) is 0 Å². The van der Waals surface area contributed by atoms with Crippen molar-refractivity contribution in [2.24, 2.45) is 5.73 Å². The second kappa shape index (κ2) is 9.82. The van der Waals surface area contributed by atoms with E-state index in [1.807, 2.05) is 30.3 Å². The Morgan fingerprint density at radius 2 is 1.68 bits per heavy atom. The summed E-state index contributed by atoms with van der Waals surface area (Å²) in [5.41, 5.74) is 9.47. The number of nitrogens with two attached hydrogens (primary N) is 1. The number of hydrogen-bond donors (Lipinski definition) is 2. The lowest BCUT2D eigenvalue weighted by Crippen LogP contribution is -2.44. The smallest absolute Gasteiger partial charge is 0.222 e. The Balaban J connectivity index is 1.44. The SMILES string of the molecule is CC1CN(Cc2ccc(CNC(=O)CC(N)c3ccccc3)cc2)CC(C)O1. The average Bonchev–Trinajstić information content (AvgIpc) is 2.67. The van der Waals surface area contributed by atoms with Crippen molar-refractivity contribution in [1.29, 1.82) is 0 Å². The minimum Gasteiger partial charge on any atom is -0.373 e. The van der Waals surface area contributed by atoms with Gasteiger partial charge in [0.2, 0.25) is 5.91 Å². The van der Waals surface area contributed by atoms with Crippen molar-refractivity contribution in [3.63, 3.8) is 0 Å². The second-order valence-electron chi connectivity index (χ2n) is 7.77. The number of hydrogen-bond acceptors (Lipinski definition) is 4. The van der Waals surface area contributed by atoms with E-state index in [0.717, 1.165) is 30.8 Å². The maximum absolute atomic E-state index is 12.2. The first-order valence-electron chi connectivity index (χ1n) is 10.0. The quantitative estimate of drug-likeness (QED) is 0.774. The maximum Gasteiger partial charge on any atom is 0.222 e. The predicted molar refractivity (Wildman–Crippen MR) is 112 cm³/mol. The number of nitrogens with zero attached hydrogens (tertiary/aromatic N) is 1. The average molecular weight is 382 g/mol. The van der Waals surface area contributed by atoms with Gasteiger partial charge in [-0.2, -0.15) is 0 Å². The molecule has 3 rings (SSSR count). The summed E-state index contributed by atoms with van der Waals surface area (Å²) in [6, 6.07) is 17.9. The fourth-order valence-corrected chi connectivity index (χ4v) is 3.72. The molecule has 1 aliphatic rings. The van der Waals surface area contributed by atoms with Gasteiger partial charge in [-0.3, -0.25) is 9.69 Å². The zero-order valence-corrected chi connectivity index (χ0v) is 16.8. The molecule has 2 aromatic carbocycles.